The highest BCUT2D eigenvalue weighted by Crippen LogP contribution is 2.15. The Labute approximate surface area is 114 Å². The number of nitrogens with one attached hydrogen (secondary N) is 1. The van der Waals surface area contributed by atoms with E-state index in [9.17, 15) is 0 Å². The summed E-state index contributed by atoms with van der Waals surface area (Å²) in [5, 5.41) is 3.23. The number of anilines is 1. The van der Waals surface area contributed by atoms with Crippen LogP contribution in [-0.4, -0.2) is 4.99 Å². The molecule has 0 aliphatic carbocycles. The molecule has 0 unspecified atom stereocenters. The number of hydrogen-bond acceptors (Lipinski definition) is 1. The van der Waals surface area contributed by atoms with E-state index < -0.39 is 0 Å². The van der Waals surface area contributed by atoms with Gasteiger partial charge >= 0.3 is 0 Å². The Balaban J connectivity index is 2.19. The minimum absolute atomic E-state index is 0.760. The summed E-state index contributed by atoms with van der Waals surface area (Å²) >= 11 is 7.66. The lowest BCUT2D eigenvalue weighted by molar-refractivity contribution is 1.57. The van der Waals surface area contributed by atoms with E-state index in [1.54, 1.807) is 0 Å². The molecule has 0 amide bonds. The van der Waals surface area contributed by atoms with Gasteiger partial charge in [0, 0.05) is 14.8 Å². The quantitative estimate of drug-likeness (QED) is 0.654. The summed E-state index contributed by atoms with van der Waals surface area (Å²) in [5.74, 6) is 0. The second-order valence-corrected chi connectivity index (χ2v) is 4.87. The molecule has 0 saturated heterocycles. The van der Waals surface area contributed by atoms with E-state index in [2.05, 4.69) is 34.0 Å². The van der Waals surface area contributed by atoms with Gasteiger partial charge in [0.15, 0.2) is 0 Å². The summed E-state index contributed by atoms with van der Waals surface area (Å²) in [6.07, 6.45) is 0. The monoisotopic (exact) mass is 339 g/mol. The van der Waals surface area contributed by atoms with E-state index in [4.69, 9.17) is 12.2 Å². The van der Waals surface area contributed by atoms with E-state index in [1.165, 1.54) is 0 Å². The molecule has 80 valence electrons. The molecule has 0 atom stereocenters. The number of benzene rings is 2. The molecule has 3 heteroatoms. The van der Waals surface area contributed by atoms with E-state index in [0.717, 1.165) is 19.8 Å². The van der Waals surface area contributed by atoms with Crippen LogP contribution in [0.1, 0.15) is 5.56 Å². The fraction of sp³-hybridized carbons (Fsp3) is 0. The molecule has 0 radical (unpaired) electrons. The lowest BCUT2D eigenvalue weighted by Crippen LogP contribution is -2.11. The Kier molecular flexibility index (Phi) is 3.90. The summed E-state index contributed by atoms with van der Waals surface area (Å²) in [4.78, 5) is 0.760. The third kappa shape index (κ3) is 2.80. The maximum atomic E-state index is 5.37. The minimum Gasteiger partial charge on any atom is -0.346 e. The van der Waals surface area contributed by atoms with Crippen LogP contribution in [0, 0.1) is 3.57 Å². The standard InChI is InChI=1S/C13H10INS/c14-12-9-5-4-8-11(12)13(16)15-10-6-2-1-3-7-10/h1-9H,(H,15,16). The van der Waals surface area contributed by atoms with Crippen LogP contribution in [0.3, 0.4) is 0 Å². The van der Waals surface area contributed by atoms with Gasteiger partial charge in [-0.05, 0) is 40.8 Å². The first-order valence-corrected chi connectivity index (χ1v) is 6.37. The van der Waals surface area contributed by atoms with Crippen molar-refractivity contribution in [3.8, 4) is 0 Å². The van der Waals surface area contributed by atoms with E-state index in [-0.39, 0.29) is 0 Å². The van der Waals surface area contributed by atoms with Crippen molar-refractivity contribution < 1.29 is 0 Å². The molecular formula is C13H10INS. The highest BCUT2D eigenvalue weighted by Gasteiger charge is 2.04. The SMILES string of the molecule is S=C(Nc1ccccc1)c1ccccc1I. The predicted octanol–water partition coefficient (Wildman–Crippen LogP) is 4.08. The molecule has 0 heterocycles. The van der Waals surface area contributed by atoms with E-state index >= 15 is 0 Å². The van der Waals surface area contributed by atoms with Crippen molar-refractivity contribution in [2.24, 2.45) is 0 Å². The van der Waals surface area contributed by atoms with Crippen LogP contribution in [0.4, 0.5) is 5.69 Å². The third-order valence-electron chi connectivity index (χ3n) is 2.15. The molecule has 0 aliphatic rings. The van der Waals surface area contributed by atoms with Crippen LogP contribution in [0.25, 0.3) is 0 Å². The van der Waals surface area contributed by atoms with Crippen LogP contribution >= 0.6 is 34.8 Å². The molecule has 2 aromatic carbocycles. The number of thiocarbonyl (C=S) groups is 1. The normalized spacial score (nSPS) is 9.81. The molecule has 0 spiro atoms. The van der Waals surface area contributed by atoms with Crippen LogP contribution < -0.4 is 5.32 Å². The lowest BCUT2D eigenvalue weighted by atomic mass is 10.2. The van der Waals surface area contributed by atoms with Crippen molar-refractivity contribution in [2.75, 3.05) is 5.32 Å². The van der Waals surface area contributed by atoms with Gasteiger partial charge in [0.1, 0.15) is 4.99 Å². The fourth-order valence-corrected chi connectivity index (χ4v) is 2.50. The van der Waals surface area contributed by atoms with Gasteiger partial charge in [-0.25, -0.2) is 0 Å². The second kappa shape index (κ2) is 5.41. The molecule has 0 aliphatic heterocycles. The minimum atomic E-state index is 0.760. The Bertz CT molecular complexity index is 496. The first-order chi connectivity index (χ1) is 7.77. The largest absolute Gasteiger partial charge is 0.346 e. The van der Waals surface area contributed by atoms with Gasteiger partial charge in [0.2, 0.25) is 0 Å². The predicted molar refractivity (Wildman–Crippen MR) is 80.9 cm³/mol. The van der Waals surface area contributed by atoms with Gasteiger partial charge in [-0.2, -0.15) is 0 Å². The van der Waals surface area contributed by atoms with Crippen LogP contribution in [0.15, 0.2) is 54.6 Å². The molecule has 1 N–H and O–H groups in total. The maximum absolute atomic E-state index is 5.37. The van der Waals surface area contributed by atoms with Gasteiger partial charge in [-0.3, -0.25) is 0 Å². The molecule has 0 fully saturated rings. The van der Waals surface area contributed by atoms with Gasteiger partial charge in [-0.1, -0.05) is 48.6 Å². The summed E-state index contributed by atoms with van der Waals surface area (Å²) in [6, 6.07) is 18.0. The van der Waals surface area contributed by atoms with Crippen molar-refractivity contribution in [3.05, 3.63) is 63.7 Å². The zero-order chi connectivity index (χ0) is 11.4. The zero-order valence-electron chi connectivity index (χ0n) is 8.48. The topological polar surface area (TPSA) is 12.0 Å². The molecule has 2 aromatic rings. The van der Waals surface area contributed by atoms with Crippen molar-refractivity contribution in [1.82, 2.24) is 0 Å². The summed E-state index contributed by atoms with van der Waals surface area (Å²) in [5.41, 5.74) is 2.09. The van der Waals surface area contributed by atoms with E-state index in [0.29, 0.717) is 0 Å². The Hall–Kier alpha value is -0.940. The first-order valence-electron chi connectivity index (χ1n) is 4.88. The number of hydrogen-bond donors (Lipinski definition) is 1. The third-order valence-corrected chi connectivity index (χ3v) is 3.41. The lowest BCUT2D eigenvalue weighted by Gasteiger charge is -2.09. The summed E-state index contributed by atoms with van der Waals surface area (Å²) in [7, 11) is 0. The van der Waals surface area contributed by atoms with Crippen LogP contribution in [0.5, 0.6) is 0 Å². The summed E-state index contributed by atoms with van der Waals surface area (Å²) < 4.78 is 1.16. The molecule has 16 heavy (non-hydrogen) atoms. The Morgan fingerprint density at radius 1 is 0.938 bits per heavy atom. The molecule has 1 nitrogen and oxygen atoms in total. The Morgan fingerprint density at radius 2 is 1.56 bits per heavy atom. The maximum Gasteiger partial charge on any atom is 0.112 e. The molecule has 0 aromatic heterocycles. The smallest absolute Gasteiger partial charge is 0.112 e. The first kappa shape index (κ1) is 11.5. The van der Waals surface area contributed by atoms with Gasteiger partial charge in [0.05, 0.1) is 0 Å². The highest BCUT2D eigenvalue weighted by molar-refractivity contribution is 14.1. The average Bonchev–Trinajstić information content (AvgIpc) is 2.31. The van der Waals surface area contributed by atoms with Crippen LogP contribution in [-0.2, 0) is 0 Å². The van der Waals surface area contributed by atoms with Crippen molar-refractivity contribution in [2.45, 2.75) is 0 Å². The van der Waals surface area contributed by atoms with Gasteiger partial charge in [0.25, 0.3) is 0 Å². The summed E-state index contributed by atoms with van der Waals surface area (Å²) in [6.45, 7) is 0. The number of rotatable bonds is 2. The Morgan fingerprint density at radius 3 is 2.25 bits per heavy atom. The van der Waals surface area contributed by atoms with Crippen molar-refractivity contribution in [3.63, 3.8) is 0 Å². The van der Waals surface area contributed by atoms with Crippen molar-refractivity contribution in [1.29, 1.82) is 0 Å². The molecule has 2 rings (SSSR count). The van der Waals surface area contributed by atoms with E-state index in [1.807, 2.05) is 48.5 Å². The highest BCUT2D eigenvalue weighted by atomic mass is 127. The fourth-order valence-electron chi connectivity index (χ4n) is 1.37. The van der Waals surface area contributed by atoms with Crippen LogP contribution in [0.2, 0.25) is 0 Å². The average molecular weight is 339 g/mol. The molecular weight excluding hydrogens is 329 g/mol. The number of para-hydroxylation sites is 1. The van der Waals surface area contributed by atoms with Gasteiger partial charge < -0.3 is 5.32 Å². The molecule has 0 saturated carbocycles. The zero-order valence-corrected chi connectivity index (χ0v) is 11.5. The molecule has 0 bridgehead atoms. The number of halogens is 1. The van der Waals surface area contributed by atoms with Gasteiger partial charge in [-0.15, -0.1) is 0 Å². The van der Waals surface area contributed by atoms with Crippen molar-refractivity contribution >= 4 is 45.5 Å². The second-order valence-electron chi connectivity index (χ2n) is 3.30.